The number of anilines is 1. The summed E-state index contributed by atoms with van der Waals surface area (Å²) in [5.41, 5.74) is 1.86. The minimum Gasteiger partial charge on any atom is -0.481 e. The molecule has 4 nitrogen and oxygen atoms in total. The van der Waals surface area contributed by atoms with E-state index in [1.54, 1.807) is 17.4 Å². The van der Waals surface area contributed by atoms with Crippen LogP contribution in [0.4, 0.5) is 5.13 Å². The van der Waals surface area contributed by atoms with Gasteiger partial charge in [-0.1, -0.05) is 62.9 Å². The monoisotopic (exact) mass is 442 g/mol. The molecule has 0 amide bonds. The Bertz CT molecular complexity index is 793. The number of aromatic nitrogens is 1. The third-order valence-corrected chi connectivity index (χ3v) is 6.25. The van der Waals surface area contributed by atoms with Crippen LogP contribution in [0.5, 0.6) is 0 Å². The van der Waals surface area contributed by atoms with E-state index in [1.165, 1.54) is 4.88 Å². The van der Waals surface area contributed by atoms with Crippen LogP contribution < -0.4 is 4.90 Å². The van der Waals surface area contributed by atoms with E-state index in [-0.39, 0.29) is 6.42 Å². The van der Waals surface area contributed by atoms with E-state index >= 15 is 0 Å². The predicted octanol–water partition coefficient (Wildman–Crippen LogP) is 6.79. The van der Waals surface area contributed by atoms with Crippen molar-refractivity contribution in [2.75, 3.05) is 18.0 Å². The molecule has 0 aliphatic rings. The molecule has 1 aromatic carbocycles. The van der Waals surface area contributed by atoms with Gasteiger partial charge < -0.3 is 10.0 Å². The quantitative estimate of drug-likeness (QED) is 0.389. The maximum Gasteiger partial charge on any atom is 0.305 e. The summed E-state index contributed by atoms with van der Waals surface area (Å²) in [5, 5.41) is 11.0. The summed E-state index contributed by atoms with van der Waals surface area (Å²) < 4.78 is 0. The summed E-state index contributed by atoms with van der Waals surface area (Å²) in [6.45, 7) is 7.81. The summed E-state index contributed by atoms with van der Waals surface area (Å²) in [6.07, 6.45) is 4.28. The Morgan fingerprint density at radius 3 is 2.57 bits per heavy atom. The van der Waals surface area contributed by atoms with Crippen LogP contribution in [0.25, 0.3) is 11.3 Å². The number of nitrogens with zero attached hydrogens (tertiary/aromatic N) is 2. The molecular formula is C21H28Cl2N2O2S. The molecule has 0 spiro atoms. The first-order valence-electron chi connectivity index (χ1n) is 9.73. The summed E-state index contributed by atoms with van der Waals surface area (Å²) in [6, 6.07) is 5.58. The number of thiazole rings is 1. The first kappa shape index (κ1) is 23.0. The van der Waals surface area contributed by atoms with Crippen LogP contribution in [0.15, 0.2) is 18.2 Å². The molecule has 0 fully saturated rings. The Hall–Kier alpha value is -1.30. The van der Waals surface area contributed by atoms with Crippen molar-refractivity contribution in [1.82, 2.24) is 4.98 Å². The fraction of sp³-hybridized carbons (Fsp3) is 0.524. The van der Waals surface area contributed by atoms with Crippen molar-refractivity contribution in [1.29, 1.82) is 0 Å². The van der Waals surface area contributed by atoms with Crippen molar-refractivity contribution in [3.8, 4) is 11.3 Å². The molecule has 0 aliphatic carbocycles. The van der Waals surface area contributed by atoms with Gasteiger partial charge in [-0.05, 0) is 30.9 Å². The maximum absolute atomic E-state index is 11.1. The van der Waals surface area contributed by atoms with Crippen molar-refractivity contribution in [3.63, 3.8) is 0 Å². The Kier molecular flexibility index (Phi) is 9.06. The fourth-order valence-electron chi connectivity index (χ4n) is 2.94. The van der Waals surface area contributed by atoms with Crippen LogP contribution in [-0.4, -0.2) is 29.1 Å². The molecule has 1 N–H and O–H groups in total. The lowest BCUT2D eigenvalue weighted by atomic mass is 10.0. The predicted molar refractivity (Wildman–Crippen MR) is 120 cm³/mol. The van der Waals surface area contributed by atoms with Crippen LogP contribution in [0.2, 0.25) is 10.0 Å². The van der Waals surface area contributed by atoms with Gasteiger partial charge in [-0.25, -0.2) is 4.98 Å². The van der Waals surface area contributed by atoms with Gasteiger partial charge in [0, 0.05) is 23.5 Å². The zero-order chi connectivity index (χ0) is 20.7. The van der Waals surface area contributed by atoms with E-state index in [9.17, 15) is 4.79 Å². The summed E-state index contributed by atoms with van der Waals surface area (Å²) in [5.74, 6) is -0.299. The largest absolute Gasteiger partial charge is 0.481 e. The van der Waals surface area contributed by atoms with Crippen LogP contribution >= 0.6 is 34.5 Å². The maximum atomic E-state index is 11.1. The van der Waals surface area contributed by atoms with Gasteiger partial charge in [0.05, 0.1) is 22.2 Å². The molecule has 0 atom stereocenters. The Labute approximate surface area is 181 Å². The van der Waals surface area contributed by atoms with Crippen molar-refractivity contribution < 1.29 is 9.90 Å². The lowest BCUT2D eigenvalue weighted by Crippen LogP contribution is -2.27. The second-order valence-corrected chi connectivity index (χ2v) is 9.21. The highest BCUT2D eigenvalue weighted by molar-refractivity contribution is 7.16. The highest BCUT2D eigenvalue weighted by Gasteiger charge is 2.19. The average Bonchev–Trinajstić information content (AvgIpc) is 3.03. The zero-order valence-electron chi connectivity index (χ0n) is 16.7. The van der Waals surface area contributed by atoms with Crippen LogP contribution in [0.1, 0.15) is 51.3 Å². The van der Waals surface area contributed by atoms with Crippen molar-refractivity contribution >= 4 is 45.6 Å². The van der Waals surface area contributed by atoms with Gasteiger partial charge in [0.15, 0.2) is 5.13 Å². The highest BCUT2D eigenvalue weighted by Crippen LogP contribution is 2.37. The third-order valence-electron chi connectivity index (χ3n) is 4.37. The molecule has 0 saturated carbocycles. The third kappa shape index (κ3) is 6.64. The number of benzene rings is 1. The number of carboxylic acid groups (broad SMARTS) is 1. The minimum absolute atomic E-state index is 0.104. The van der Waals surface area contributed by atoms with Gasteiger partial charge in [0.2, 0.25) is 0 Å². The molecule has 2 aromatic rings. The van der Waals surface area contributed by atoms with Crippen LogP contribution in [0.3, 0.4) is 0 Å². The Morgan fingerprint density at radius 1 is 1.21 bits per heavy atom. The molecular weight excluding hydrogens is 415 g/mol. The summed E-state index contributed by atoms with van der Waals surface area (Å²) in [4.78, 5) is 19.3. The van der Waals surface area contributed by atoms with Gasteiger partial charge in [0.25, 0.3) is 0 Å². The Morgan fingerprint density at radius 2 is 1.96 bits per heavy atom. The van der Waals surface area contributed by atoms with Crippen LogP contribution in [-0.2, 0) is 11.2 Å². The Balaban J connectivity index is 2.38. The number of unbranched alkanes of at least 4 members (excludes halogenated alkanes) is 2. The minimum atomic E-state index is -0.788. The fourth-order valence-corrected chi connectivity index (χ4v) is 4.58. The molecule has 1 aromatic heterocycles. The second-order valence-electron chi connectivity index (χ2n) is 7.33. The molecule has 154 valence electrons. The van der Waals surface area contributed by atoms with Gasteiger partial charge in [-0.3, -0.25) is 4.79 Å². The van der Waals surface area contributed by atoms with E-state index in [0.717, 1.165) is 48.6 Å². The first-order chi connectivity index (χ1) is 13.3. The van der Waals surface area contributed by atoms with Gasteiger partial charge in [0.1, 0.15) is 0 Å². The summed E-state index contributed by atoms with van der Waals surface area (Å²) >= 11 is 14.0. The molecule has 0 unspecified atom stereocenters. The number of aliphatic carboxylic acids is 1. The van der Waals surface area contributed by atoms with E-state index < -0.39 is 5.97 Å². The zero-order valence-corrected chi connectivity index (χ0v) is 19.0. The standard InChI is InChI=1S/C21H28Cl2N2O2S/c1-4-5-6-10-25(11-9-19(26)27)21-24-20(18(28-21)12-14(2)3)15-7-8-16(22)17(23)13-15/h7-8,13-14H,4-6,9-12H2,1-3H3,(H,26,27). The van der Waals surface area contributed by atoms with Crippen molar-refractivity contribution in [2.45, 2.75) is 52.9 Å². The van der Waals surface area contributed by atoms with E-state index in [2.05, 4.69) is 25.7 Å². The van der Waals surface area contributed by atoms with Crippen LogP contribution in [0, 0.1) is 5.92 Å². The number of carboxylic acids is 1. The molecule has 0 bridgehead atoms. The molecule has 0 saturated heterocycles. The molecule has 1 heterocycles. The molecule has 0 radical (unpaired) electrons. The van der Waals surface area contributed by atoms with Gasteiger partial charge >= 0.3 is 5.97 Å². The average molecular weight is 443 g/mol. The summed E-state index contributed by atoms with van der Waals surface area (Å²) in [7, 11) is 0. The van der Waals surface area contributed by atoms with Crippen molar-refractivity contribution in [2.24, 2.45) is 5.92 Å². The highest BCUT2D eigenvalue weighted by atomic mass is 35.5. The number of hydrogen-bond acceptors (Lipinski definition) is 4. The lowest BCUT2D eigenvalue weighted by molar-refractivity contribution is -0.136. The number of hydrogen-bond donors (Lipinski definition) is 1. The first-order valence-corrected chi connectivity index (χ1v) is 11.3. The van der Waals surface area contributed by atoms with E-state index in [4.69, 9.17) is 33.3 Å². The number of rotatable bonds is 11. The smallest absolute Gasteiger partial charge is 0.305 e. The topological polar surface area (TPSA) is 53.4 Å². The normalized spacial score (nSPS) is 11.2. The van der Waals surface area contributed by atoms with E-state index in [1.807, 2.05) is 12.1 Å². The van der Waals surface area contributed by atoms with Crippen molar-refractivity contribution in [3.05, 3.63) is 33.1 Å². The molecule has 7 heteroatoms. The second kappa shape index (κ2) is 11.0. The van der Waals surface area contributed by atoms with Gasteiger partial charge in [-0.2, -0.15) is 0 Å². The van der Waals surface area contributed by atoms with Gasteiger partial charge in [-0.15, -0.1) is 11.3 Å². The SMILES string of the molecule is CCCCCN(CCC(=O)O)c1nc(-c2ccc(Cl)c(Cl)c2)c(CC(C)C)s1. The molecule has 2 rings (SSSR count). The lowest BCUT2D eigenvalue weighted by Gasteiger charge is -2.20. The number of carbonyl (C=O) groups is 1. The van der Waals surface area contributed by atoms with E-state index in [0.29, 0.717) is 22.5 Å². The number of halogens is 2. The molecule has 28 heavy (non-hydrogen) atoms. The molecule has 0 aliphatic heterocycles.